The molecule has 0 amide bonds. The van der Waals surface area contributed by atoms with Crippen LogP contribution in [0, 0.1) is 33.5 Å². The molecule has 0 N–H and O–H groups in total. The third kappa shape index (κ3) is 2.74. The van der Waals surface area contributed by atoms with Crippen LogP contribution in [0.2, 0.25) is 0 Å². The SMILES string of the molecule is CC1(C)C(CC#N)CCC1(C)C12CC(c3cc(-c4ccc(C(F)(F)F)cc4)ccn3)(C1)C2. The van der Waals surface area contributed by atoms with Crippen molar-refractivity contribution in [3.05, 3.63) is 53.9 Å². The number of halogens is 3. The molecule has 4 aliphatic rings. The van der Waals surface area contributed by atoms with Gasteiger partial charge in [0.2, 0.25) is 0 Å². The third-order valence-corrected chi connectivity index (χ3v) is 9.82. The molecule has 1 aromatic heterocycles. The molecule has 4 saturated carbocycles. The third-order valence-electron chi connectivity index (χ3n) is 9.82. The Bertz CT molecular complexity index is 1070. The summed E-state index contributed by atoms with van der Waals surface area (Å²) in [4.78, 5) is 4.69. The summed E-state index contributed by atoms with van der Waals surface area (Å²) in [6.07, 6.45) is 3.81. The Morgan fingerprint density at radius 2 is 1.69 bits per heavy atom. The highest BCUT2D eigenvalue weighted by Gasteiger charge is 2.78. The fourth-order valence-electron chi connectivity index (χ4n) is 7.41. The van der Waals surface area contributed by atoms with Gasteiger partial charge in [0.25, 0.3) is 0 Å². The predicted octanol–water partition coefficient (Wildman–Crippen LogP) is 7.55. The first kappa shape index (κ1) is 21.5. The first-order chi connectivity index (χ1) is 15.0. The number of nitriles is 1. The molecule has 4 aliphatic carbocycles. The number of alkyl halides is 3. The van der Waals surface area contributed by atoms with Crippen LogP contribution in [0.25, 0.3) is 11.1 Å². The van der Waals surface area contributed by atoms with Gasteiger partial charge in [0, 0.05) is 23.7 Å². The lowest BCUT2D eigenvalue weighted by atomic mass is 9.26. The number of hydrogen-bond acceptors (Lipinski definition) is 2. The van der Waals surface area contributed by atoms with E-state index in [4.69, 9.17) is 4.98 Å². The van der Waals surface area contributed by atoms with Crippen LogP contribution in [0.4, 0.5) is 13.2 Å². The smallest absolute Gasteiger partial charge is 0.261 e. The molecule has 2 atom stereocenters. The topological polar surface area (TPSA) is 36.7 Å². The zero-order chi connectivity index (χ0) is 23.0. The normalized spacial score (nSPS) is 35.0. The molecular formula is C27H29F3N2. The van der Waals surface area contributed by atoms with E-state index in [0.29, 0.717) is 17.8 Å². The van der Waals surface area contributed by atoms with Crippen molar-refractivity contribution in [3.8, 4) is 17.2 Å². The molecule has 6 rings (SSSR count). The van der Waals surface area contributed by atoms with Gasteiger partial charge in [0.1, 0.15) is 0 Å². The predicted molar refractivity (Wildman–Crippen MR) is 117 cm³/mol. The van der Waals surface area contributed by atoms with Crippen LogP contribution in [0.1, 0.15) is 70.6 Å². The summed E-state index contributed by atoms with van der Waals surface area (Å²) in [5.41, 5.74) is 2.96. The number of hydrogen-bond donors (Lipinski definition) is 0. The summed E-state index contributed by atoms with van der Waals surface area (Å²) in [6.45, 7) is 7.16. The second-order valence-electron chi connectivity index (χ2n) is 11.2. The van der Waals surface area contributed by atoms with Crippen LogP contribution >= 0.6 is 0 Å². The minimum atomic E-state index is -4.32. The molecule has 4 fully saturated rings. The van der Waals surface area contributed by atoms with Crippen molar-refractivity contribution >= 4 is 0 Å². The summed E-state index contributed by atoms with van der Waals surface area (Å²) in [6, 6.07) is 11.7. The van der Waals surface area contributed by atoms with Crippen molar-refractivity contribution in [1.29, 1.82) is 5.26 Å². The first-order valence-electron chi connectivity index (χ1n) is 11.5. The highest BCUT2D eigenvalue weighted by molar-refractivity contribution is 5.64. The van der Waals surface area contributed by atoms with Crippen LogP contribution in [-0.2, 0) is 11.6 Å². The Balaban J connectivity index is 1.36. The zero-order valence-electron chi connectivity index (χ0n) is 18.9. The highest BCUT2D eigenvalue weighted by atomic mass is 19.4. The Labute approximate surface area is 187 Å². The second-order valence-corrected chi connectivity index (χ2v) is 11.2. The molecule has 2 aromatic rings. The maximum atomic E-state index is 12.9. The Hall–Kier alpha value is -2.35. The summed E-state index contributed by atoms with van der Waals surface area (Å²) >= 11 is 0. The van der Waals surface area contributed by atoms with Crippen molar-refractivity contribution in [2.75, 3.05) is 0 Å². The Morgan fingerprint density at radius 1 is 1.03 bits per heavy atom. The number of pyridine rings is 1. The average Bonchev–Trinajstić information content (AvgIpc) is 2.90. The van der Waals surface area contributed by atoms with E-state index < -0.39 is 11.7 Å². The number of nitrogens with zero attached hydrogens (tertiary/aromatic N) is 2. The summed E-state index contributed by atoms with van der Waals surface area (Å²) in [7, 11) is 0. The van der Waals surface area contributed by atoms with Gasteiger partial charge in [0.05, 0.1) is 11.6 Å². The summed E-state index contributed by atoms with van der Waals surface area (Å²) < 4.78 is 38.7. The number of aromatic nitrogens is 1. The van der Waals surface area contributed by atoms with E-state index >= 15 is 0 Å². The number of benzene rings is 1. The summed E-state index contributed by atoms with van der Waals surface area (Å²) in [5, 5.41) is 9.26. The lowest BCUT2D eigenvalue weighted by molar-refractivity contribution is -0.251. The summed E-state index contributed by atoms with van der Waals surface area (Å²) in [5.74, 6) is 0.462. The van der Waals surface area contributed by atoms with Crippen molar-refractivity contribution in [3.63, 3.8) is 0 Å². The van der Waals surface area contributed by atoms with Gasteiger partial charge in [-0.1, -0.05) is 32.9 Å². The van der Waals surface area contributed by atoms with E-state index in [2.05, 4.69) is 32.9 Å². The van der Waals surface area contributed by atoms with E-state index in [1.165, 1.54) is 6.42 Å². The standard InChI is InChI=1S/C27H29F3N2/c1-23(2)20(9-12-31)8-11-24(23,3)26-15-25(16-26,17-26)22-14-19(10-13-32-22)18-4-6-21(7-5-18)27(28,29)30/h4-7,10,13-14,20H,8-9,11,15-17H2,1-3H3. The maximum Gasteiger partial charge on any atom is 0.416 e. The van der Waals surface area contributed by atoms with Gasteiger partial charge in [-0.05, 0) is 89.7 Å². The van der Waals surface area contributed by atoms with Crippen LogP contribution in [-0.4, -0.2) is 4.98 Å². The van der Waals surface area contributed by atoms with Crippen molar-refractivity contribution < 1.29 is 13.2 Å². The molecule has 2 nitrogen and oxygen atoms in total. The Morgan fingerprint density at radius 3 is 2.28 bits per heavy atom. The minimum Gasteiger partial charge on any atom is -0.261 e. The van der Waals surface area contributed by atoms with E-state index in [9.17, 15) is 18.4 Å². The largest absolute Gasteiger partial charge is 0.416 e. The minimum absolute atomic E-state index is 0.105. The van der Waals surface area contributed by atoms with E-state index in [0.717, 1.165) is 54.6 Å². The van der Waals surface area contributed by atoms with Crippen molar-refractivity contribution in [1.82, 2.24) is 4.98 Å². The van der Waals surface area contributed by atoms with Gasteiger partial charge >= 0.3 is 6.18 Å². The van der Waals surface area contributed by atoms with Crippen LogP contribution in [0.5, 0.6) is 0 Å². The van der Waals surface area contributed by atoms with Gasteiger partial charge in [-0.25, -0.2) is 0 Å². The van der Waals surface area contributed by atoms with E-state index in [1.54, 1.807) is 18.3 Å². The highest BCUT2D eigenvalue weighted by Crippen LogP contribution is 2.84. The van der Waals surface area contributed by atoms with Gasteiger partial charge in [-0.2, -0.15) is 18.4 Å². The van der Waals surface area contributed by atoms with Gasteiger partial charge in [0.15, 0.2) is 0 Å². The fourth-order valence-corrected chi connectivity index (χ4v) is 7.41. The quantitative estimate of drug-likeness (QED) is 0.494. The van der Waals surface area contributed by atoms with E-state index in [1.807, 2.05) is 6.07 Å². The second kappa shape index (κ2) is 6.59. The van der Waals surface area contributed by atoms with Crippen molar-refractivity contribution in [2.24, 2.45) is 22.2 Å². The maximum absolute atomic E-state index is 12.9. The molecule has 0 saturated heterocycles. The lowest BCUT2D eigenvalue weighted by Gasteiger charge is -2.78. The molecule has 0 radical (unpaired) electrons. The molecular weight excluding hydrogens is 409 g/mol. The number of rotatable bonds is 4. The molecule has 2 bridgehead atoms. The molecule has 5 heteroatoms. The molecule has 0 aliphatic heterocycles. The molecule has 168 valence electrons. The van der Waals surface area contributed by atoms with Crippen LogP contribution < -0.4 is 0 Å². The van der Waals surface area contributed by atoms with Crippen LogP contribution in [0.15, 0.2) is 42.6 Å². The van der Waals surface area contributed by atoms with Crippen LogP contribution in [0.3, 0.4) is 0 Å². The van der Waals surface area contributed by atoms with Gasteiger partial charge < -0.3 is 0 Å². The van der Waals surface area contributed by atoms with Crippen molar-refractivity contribution in [2.45, 2.75) is 70.9 Å². The molecule has 2 unspecified atom stereocenters. The molecule has 32 heavy (non-hydrogen) atoms. The zero-order valence-corrected chi connectivity index (χ0v) is 18.9. The van der Waals surface area contributed by atoms with Gasteiger partial charge in [-0.3, -0.25) is 4.98 Å². The lowest BCUT2D eigenvalue weighted by Crippen LogP contribution is -2.72. The molecule has 1 heterocycles. The first-order valence-corrected chi connectivity index (χ1v) is 11.5. The Kier molecular flexibility index (Phi) is 4.43. The fraction of sp³-hybridized carbons (Fsp3) is 0.556. The monoisotopic (exact) mass is 438 g/mol. The molecule has 0 spiro atoms. The van der Waals surface area contributed by atoms with E-state index in [-0.39, 0.29) is 16.2 Å². The molecule has 1 aromatic carbocycles. The average molecular weight is 439 g/mol. The van der Waals surface area contributed by atoms with Gasteiger partial charge in [-0.15, -0.1) is 0 Å².